The van der Waals surface area contributed by atoms with E-state index < -0.39 is 7.77 Å². The van der Waals surface area contributed by atoms with Crippen molar-refractivity contribution in [3.05, 3.63) is 0 Å². The molecule has 1 saturated carbocycles. The second-order valence-corrected chi connectivity index (χ2v) is 6.77. The number of carbonyl (C=O) groups excluding carboxylic acids is 1. The van der Waals surface area contributed by atoms with Gasteiger partial charge in [0, 0.05) is 5.92 Å². The third-order valence-electron chi connectivity index (χ3n) is 3.96. The van der Waals surface area contributed by atoms with Crippen LogP contribution in [0, 0.1) is 23.7 Å². The van der Waals surface area contributed by atoms with Gasteiger partial charge < -0.3 is 9.29 Å². The number of hydrogen-bond acceptors (Lipinski definition) is 4. The van der Waals surface area contributed by atoms with Crippen molar-refractivity contribution in [2.45, 2.75) is 46.1 Å². The summed E-state index contributed by atoms with van der Waals surface area (Å²) in [6.07, 6.45) is 1.90. The summed E-state index contributed by atoms with van der Waals surface area (Å²) >= 11 is 1.14. The summed E-state index contributed by atoms with van der Waals surface area (Å²) < 4.78 is 19.7. The van der Waals surface area contributed by atoms with Crippen molar-refractivity contribution >= 4 is 25.6 Å². The summed E-state index contributed by atoms with van der Waals surface area (Å²) in [5.74, 6) is 0.972. The SMILES string of the molecule is [2H]B([3H])CSOC[C@@H]1C[C@H](C(C)=O)C[C@H]1C(O)CC(C)C. The van der Waals surface area contributed by atoms with Crippen molar-refractivity contribution in [3.63, 3.8) is 0 Å². The van der Waals surface area contributed by atoms with Crippen molar-refractivity contribution in [2.24, 2.45) is 23.7 Å². The maximum Gasteiger partial charge on any atom is 0.132 e. The Hall–Kier alpha value is 0.00494. The molecular formula is C14H27BO3S. The lowest BCUT2D eigenvalue weighted by atomic mass is 9.87. The van der Waals surface area contributed by atoms with Crippen molar-refractivity contribution in [3.8, 4) is 0 Å². The molecule has 0 bridgehead atoms. The topological polar surface area (TPSA) is 46.5 Å². The van der Waals surface area contributed by atoms with Gasteiger partial charge in [-0.2, -0.15) is 0 Å². The highest BCUT2D eigenvalue weighted by Crippen LogP contribution is 2.40. The third kappa shape index (κ3) is 5.48. The molecular weight excluding hydrogens is 259 g/mol. The molecule has 1 unspecified atom stereocenters. The Kier molecular flexibility index (Phi) is 6.12. The van der Waals surface area contributed by atoms with E-state index in [9.17, 15) is 9.90 Å². The number of Topliss-reactive ketones (excluding diaryl/α,β-unsaturated/α-hetero) is 1. The number of aliphatic hydroxyl groups excluding tert-OH is 1. The summed E-state index contributed by atoms with van der Waals surface area (Å²) in [4.78, 5) is 11.6. The maximum atomic E-state index is 11.6. The second-order valence-electron chi connectivity index (χ2n) is 5.97. The average molecular weight is 289 g/mol. The number of aliphatic hydroxyl groups is 1. The molecule has 0 amide bonds. The Morgan fingerprint density at radius 3 is 3.00 bits per heavy atom. The lowest BCUT2D eigenvalue weighted by Crippen LogP contribution is -2.27. The molecule has 0 aromatic carbocycles. The molecule has 0 aliphatic heterocycles. The molecule has 1 fully saturated rings. The fourth-order valence-electron chi connectivity index (χ4n) is 2.99. The van der Waals surface area contributed by atoms with Gasteiger partial charge >= 0.3 is 0 Å². The molecule has 5 heteroatoms. The van der Waals surface area contributed by atoms with E-state index in [1.165, 1.54) is 0 Å². The predicted molar refractivity (Wildman–Crippen MR) is 82.8 cm³/mol. The minimum absolute atomic E-state index is 0.0375. The zero-order chi connectivity index (χ0) is 16.0. The molecule has 0 aromatic heterocycles. The minimum Gasteiger partial charge on any atom is -0.393 e. The molecule has 1 rings (SSSR count). The minimum atomic E-state index is -0.883. The fourth-order valence-corrected chi connectivity index (χ4v) is 3.36. The molecule has 110 valence electrons. The average Bonchev–Trinajstić information content (AvgIpc) is 2.78. The van der Waals surface area contributed by atoms with Crippen LogP contribution in [0.1, 0.15) is 40.0 Å². The number of carbonyl (C=O) groups is 1. The number of hydrogen-bond donors (Lipinski definition) is 1. The van der Waals surface area contributed by atoms with Gasteiger partial charge in [0.05, 0.1) is 12.7 Å². The lowest BCUT2D eigenvalue weighted by Gasteiger charge is -2.25. The van der Waals surface area contributed by atoms with E-state index in [0.29, 0.717) is 18.2 Å². The number of rotatable bonds is 9. The van der Waals surface area contributed by atoms with Crippen LogP contribution in [-0.2, 0) is 8.98 Å². The standard InChI is InChI=1S/C14H27BO3S/c1-9(2)4-14(17)13-6-11(10(3)16)5-12(13)7-18-19-8-15/h9,11-14,17H,4-8,15H2,1-3H3/t11-,12-,13+,14?/m0/s1/i15TD. The molecule has 0 aromatic rings. The van der Waals surface area contributed by atoms with Gasteiger partial charge in [0.25, 0.3) is 0 Å². The van der Waals surface area contributed by atoms with Crippen molar-refractivity contribution in [1.82, 2.24) is 0 Å². The van der Waals surface area contributed by atoms with E-state index in [2.05, 4.69) is 13.8 Å². The van der Waals surface area contributed by atoms with Crippen LogP contribution in [0.3, 0.4) is 0 Å². The van der Waals surface area contributed by atoms with E-state index in [1.807, 2.05) is 0 Å². The molecule has 0 heterocycles. The van der Waals surface area contributed by atoms with Gasteiger partial charge in [-0.05, 0) is 64.3 Å². The maximum absolute atomic E-state index is 11.6. The van der Waals surface area contributed by atoms with Gasteiger partial charge in [-0.1, -0.05) is 13.8 Å². The summed E-state index contributed by atoms with van der Waals surface area (Å²) in [6, 6.07) is 0. The predicted octanol–water partition coefficient (Wildman–Crippen LogP) is 1.88. The molecule has 0 spiro atoms. The summed E-state index contributed by atoms with van der Waals surface area (Å²) in [5.41, 5.74) is 0.321. The zero-order valence-corrected chi connectivity index (χ0v) is 13.0. The Morgan fingerprint density at radius 2 is 2.42 bits per heavy atom. The Bertz CT molecular complexity index is 331. The third-order valence-corrected chi connectivity index (χ3v) is 4.40. The van der Waals surface area contributed by atoms with Crippen molar-refractivity contribution in [1.29, 1.82) is 2.67 Å². The van der Waals surface area contributed by atoms with Gasteiger partial charge in [0.1, 0.15) is 13.6 Å². The van der Waals surface area contributed by atoms with E-state index >= 15 is 0 Å². The van der Waals surface area contributed by atoms with Crippen LogP contribution in [0.2, 0.25) is 0 Å². The summed E-state index contributed by atoms with van der Waals surface area (Å²) in [6.45, 7) is 6.29. The number of ketones is 1. The molecule has 0 radical (unpaired) electrons. The van der Waals surface area contributed by atoms with Crippen LogP contribution in [0.25, 0.3) is 0 Å². The first-order chi connectivity index (χ1) is 9.81. The van der Waals surface area contributed by atoms with Crippen LogP contribution in [0.5, 0.6) is 0 Å². The second kappa shape index (κ2) is 8.33. The highest BCUT2D eigenvalue weighted by Gasteiger charge is 2.40. The van der Waals surface area contributed by atoms with Crippen LogP contribution in [0.15, 0.2) is 0 Å². The van der Waals surface area contributed by atoms with Crippen LogP contribution in [0.4, 0.5) is 0 Å². The smallest absolute Gasteiger partial charge is 0.132 e. The lowest BCUT2D eigenvalue weighted by molar-refractivity contribution is -0.120. The quantitative estimate of drug-likeness (QED) is 0.400. The summed E-state index contributed by atoms with van der Waals surface area (Å²) in [7, 11) is -0.883. The van der Waals surface area contributed by atoms with Gasteiger partial charge in [-0.15, -0.1) is 0 Å². The van der Waals surface area contributed by atoms with E-state index in [1.54, 1.807) is 6.92 Å². The molecule has 3 nitrogen and oxygen atoms in total. The highest BCUT2D eigenvalue weighted by atomic mass is 32.2. The molecule has 0 saturated heterocycles. The van der Waals surface area contributed by atoms with Gasteiger partial charge in [0.15, 0.2) is 0 Å². The molecule has 1 N–H and O–H groups in total. The normalized spacial score (nSPS) is 30.1. The Labute approximate surface area is 125 Å². The summed E-state index contributed by atoms with van der Waals surface area (Å²) in [5, 5.41) is 10.4. The van der Waals surface area contributed by atoms with Gasteiger partial charge in [0.2, 0.25) is 0 Å². The largest absolute Gasteiger partial charge is 0.393 e. The van der Waals surface area contributed by atoms with Gasteiger partial charge in [-0.25, -0.2) is 0 Å². The first-order valence-corrected chi connectivity index (χ1v) is 7.99. The monoisotopic (exact) mass is 289 g/mol. The molecule has 4 atom stereocenters. The van der Waals surface area contributed by atoms with E-state index in [0.717, 1.165) is 31.3 Å². The zero-order valence-electron chi connectivity index (χ0n) is 14.2. The highest BCUT2D eigenvalue weighted by molar-refractivity contribution is 7.95. The van der Waals surface area contributed by atoms with Crippen LogP contribution in [-0.4, -0.2) is 39.7 Å². The molecule has 1 aliphatic rings. The molecule has 1 aliphatic carbocycles. The van der Waals surface area contributed by atoms with Crippen LogP contribution >= 0.6 is 12.0 Å². The Balaban J connectivity index is 2.52. The first-order valence-electron chi connectivity index (χ1n) is 8.24. The van der Waals surface area contributed by atoms with Crippen molar-refractivity contribution in [2.75, 3.05) is 12.3 Å². The van der Waals surface area contributed by atoms with E-state index in [4.69, 9.17) is 6.85 Å². The van der Waals surface area contributed by atoms with Gasteiger partial charge in [-0.3, -0.25) is 4.79 Å². The van der Waals surface area contributed by atoms with E-state index in [-0.39, 0.29) is 29.6 Å². The molecule has 19 heavy (non-hydrogen) atoms. The van der Waals surface area contributed by atoms with Crippen LogP contribution < -0.4 is 0 Å². The Morgan fingerprint density at radius 1 is 1.68 bits per heavy atom. The van der Waals surface area contributed by atoms with Crippen molar-refractivity contribution < 1.29 is 14.1 Å². The first kappa shape index (κ1) is 14.0. The fraction of sp³-hybridized carbons (Fsp3) is 0.929.